The van der Waals surface area contributed by atoms with Crippen molar-refractivity contribution in [1.82, 2.24) is 15.2 Å². The van der Waals surface area contributed by atoms with E-state index in [9.17, 15) is 4.79 Å². The number of hydrogen-bond donors (Lipinski definition) is 1. The van der Waals surface area contributed by atoms with Gasteiger partial charge in [-0.25, -0.2) is 14.8 Å². The summed E-state index contributed by atoms with van der Waals surface area (Å²) >= 11 is 0. The van der Waals surface area contributed by atoms with E-state index in [0.29, 0.717) is 6.54 Å². The van der Waals surface area contributed by atoms with E-state index in [1.54, 1.807) is 6.20 Å². The molecule has 4 rings (SSSR count). The lowest BCUT2D eigenvalue weighted by Crippen LogP contribution is -2.29. The molecule has 7 heteroatoms. The van der Waals surface area contributed by atoms with Crippen LogP contribution >= 0.6 is 0 Å². The summed E-state index contributed by atoms with van der Waals surface area (Å²) < 4.78 is 10.6. The maximum Gasteiger partial charge on any atom is 0.407 e. The second-order valence-electron chi connectivity index (χ2n) is 7.54. The van der Waals surface area contributed by atoms with Gasteiger partial charge in [-0.05, 0) is 42.2 Å². The number of aliphatic imine (C=N–C) groups is 1. The molecule has 2 heterocycles. The number of unbranched alkanes of at least 4 members (excludes halogenated alkanes) is 1. The lowest BCUT2D eigenvalue weighted by atomic mass is 10.0. The number of carbonyl (C=O) groups is 1. The molecular weight excluding hydrogens is 392 g/mol. The predicted octanol–water partition coefficient (Wildman–Crippen LogP) is 4.91. The first-order valence-corrected chi connectivity index (χ1v) is 10.4. The molecule has 0 unspecified atom stereocenters. The number of hydrogen-bond acceptors (Lipinski definition) is 6. The molecule has 1 aliphatic rings. The average Bonchev–Trinajstić information content (AvgIpc) is 3.33. The standard InChI is InChI=1S/C24H26N4O3/c1-28-15-20-13-19(22-14-25-17-31-22)10-11-21(20)27-23(28)9-5-6-12-26-24(29)30-16-18-7-3-2-4-8-18/h2-4,7-8,10-11,13-14,17H,5-6,9,12,15-16H2,1H3,(H,26,29). The molecule has 0 aliphatic carbocycles. The fraction of sp³-hybridized carbons (Fsp3) is 0.292. The molecule has 0 spiro atoms. The van der Waals surface area contributed by atoms with Crippen LogP contribution in [0.5, 0.6) is 0 Å². The Balaban J connectivity index is 1.21. The van der Waals surface area contributed by atoms with E-state index < -0.39 is 0 Å². The molecule has 0 bridgehead atoms. The first kappa shape index (κ1) is 20.7. The van der Waals surface area contributed by atoms with Gasteiger partial charge in [0.2, 0.25) is 0 Å². The van der Waals surface area contributed by atoms with Crippen molar-refractivity contribution in [2.24, 2.45) is 4.99 Å². The highest BCUT2D eigenvalue weighted by Crippen LogP contribution is 2.31. The van der Waals surface area contributed by atoms with Crippen molar-refractivity contribution in [3.05, 3.63) is 72.2 Å². The molecule has 1 aliphatic heterocycles. The zero-order valence-corrected chi connectivity index (χ0v) is 17.6. The summed E-state index contributed by atoms with van der Waals surface area (Å²) in [4.78, 5) is 22.8. The van der Waals surface area contributed by atoms with Gasteiger partial charge >= 0.3 is 6.09 Å². The molecule has 2 aromatic carbocycles. The Kier molecular flexibility index (Phi) is 6.62. The largest absolute Gasteiger partial charge is 0.445 e. The van der Waals surface area contributed by atoms with E-state index in [1.807, 2.05) is 42.5 Å². The van der Waals surface area contributed by atoms with Gasteiger partial charge in [0.1, 0.15) is 12.4 Å². The molecule has 0 saturated carbocycles. The second-order valence-corrected chi connectivity index (χ2v) is 7.54. The minimum absolute atomic E-state index is 0.284. The zero-order chi connectivity index (χ0) is 21.5. The van der Waals surface area contributed by atoms with Gasteiger partial charge in [0.15, 0.2) is 12.2 Å². The number of ether oxygens (including phenoxy) is 1. The minimum Gasteiger partial charge on any atom is -0.445 e. The molecule has 160 valence electrons. The summed E-state index contributed by atoms with van der Waals surface area (Å²) in [6.45, 7) is 1.67. The van der Waals surface area contributed by atoms with Gasteiger partial charge in [-0.2, -0.15) is 0 Å². The Hall–Kier alpha value is -3.61. The van der Waals surface area contributed by atoms with Crippen LogP contribution in [0.15, 0.2) is 70.5 Å². The topological polar surface area (TPSA) is 80.0 Å². The SMILES string of the molecule is CN1Cc2cc(-c3cnco3)ccc2N=C1CCCCNC(=O)OCc1ccccc1. The van der Waals surface area contributed by atoms with E-state index in [1.165, 1.54) is 12.0 Å². The molecule has 0 atom stereocenters. The molecule has 0 saturated heterocycles. The van der Waals surface area contributed by atoms with Crippen LogP contribution in [0.25, 0.3) is 11.3 Å². The van der Waals surface area contributed by atoms with Crippen LogP contribution in [0.3, 0.4) is 0 Å². The molecule has 1 amide bonds. The summed E-state index contributed by atoms with van der Waals surface area (Å²) in [5.41, 5.74) is 4.15. The lowest BCUT2D eigenvalue weighted by Gasteiger charge is -2.27. The summed E-state index contributed by atoms with van der Waals surface area (Å²) in [5.74, 6) is 1.82. The van der Waals surface area contributed by atoms with Crippen LogP contribution in [-0.2, 0) is 17.9 Å². The van der Waals surface area contributed by atoms with Gasteiger partial charge in [0.05, 0.1) is 11.9 Å². The van der Waals surface area contributed by atoms with E-state index >= 15 is 0 Å². The minimum atomic E-state index is -0.382. The molecule has 0 fully saturated rings. The van der Waals surface area contributed by atoms with Gasteiger partial charge < -0.3 is 19.4 Å². The lowest BCUT2D eigenvalue weighted by molar-refractivity contribution is 0.139. The van der Waals surface area contributed by atoms with Crippen LogP contribution in [-0.4, -0.2) is 35.4 Å². The molecule has 0 radical (unpaired) electrons. The van der Waals surface area contributed by atoms with E-state index in [-0.39, 0.29) is 12.7 Å². The first-order chi connectivity index (χ1) is 15.2. The van der Waals surface area contributed by atoms with Crippen LogP contribution in [0.1, 0.15) is 30.4 Å². The van der Waals surface area contributed by atoms with Crippen LogP contribution in [0.4, 0.5) is 10.5 Å². The van der Waals surface area contributed by atoms with Gasteiger partial charge in [-0.15, -0.1) is 0 Å². The number of nitrogens with one attached hydrogen (secondary N) is 1. The number of oxazole rings is 1. The third-order valence-electron chi connectivity index (χ3n) is 5.20. The fourth-order valence-corrected chi connectivity index (χ4v) is 3.52. The molecule has 7 nitrogen and oxygen atoms in total. The van der Waals surface area contributed by atoms with Crippen molar-refractivity contribution < 1.29 is 13.9 Å². The normalized spacial score (nSPS) is 12.8. The van der Waals surface area contributed by atoms with Gasteiger partial charge in [-0.3, -0.25) is 0 Å². The number of nitrogens with zero attached hydrogens (tertiary/aromatic N) is 3. The molecule has 31 heavy (non-hydrogen) atoms. The zero-order valence-electron chi connectivity index (χ0n) is 17.6. The Morgan fingerprint density at radius 1 is 1.19 bits per heavy atom. The number of rotatable bonds is 8. The first-order valence-electron chi connectivity index (χ1n) is 10.4. The Morgan fingerprint density at radius 3 is 2.87 bits per heavy atom. The number of fused-ring (bicyclic) bond motifs is 1. The highest BCUT2D eigenvalue weighted by Gasteiger charge is 2.17. The second kappa shape index (κ2) is 9.93. The van der Waals surface area contributed by atoms with E-state index in [0.717, 1.165) is 54.2 Å². The van der Waals surface area contributed by atoms with E-state index in [2.05, 4.69) is 28.3 Å². The van der Waals surface area contributed by atoms with E-state index in [4.69, 9.17) is 14.1 Å². The smallest absolute Gasteiger partial charge is 0.407 e. The maximum absolute atomic E-state index is 11.8. The van der Waals surface area contributed by atoms with Crippen molar-refractivity contribution in [3.8, 4) is 11.3 Å². The van der Waals surface area contributed by atoms with Crippen LogP contribution in [0, 0.1) is 0 Å². The monoisotopic (exact) mass is 418 g/mol. The summed E-state index contributed by atoms with van der Waals surface area (Å²) in [5, 5.41) is 2.81. The number of amidine groups is 1. The summed E-state index contributed by atoms with van der Waals surface area (Å²) in [7, 11) is 2.06. The van der Waals surface area contributed by atoms with Gasteiger partial charge in [0, 0.05) is 32.1 Å². The highest BCUT2D eigenvalue weighted by atomic mass is 16.5. The molecule has 1 aromatic heterocycles. The van der Waals surface area contributed by atoms with Crippen molar-refractivity contribution in [2.75, 3.05) is 13.6 Å². The molecule has 3 aromatic rings. The van der Waals surface area contributed by atoms with Crippen molar-refractivity contribution in [3.63, 3.8) is 0 Å². The number of aromatic nitrogens is 1. The van der Waals surface area contributed by atoms with Crippen LogP contribution < -0.4 is 5.32 Å². The average molecular weight is 418 g/mol. The third kappa shape index (κ3) is 5.51. The third-order valence-corrected chi connectivity index (χ3v) is 5.20. The van der Waals surface area contributed by atoms with Gasteiger partial charge in [-0.1, -0.05) is 30.3 Å². The molecule has 1 N–H and O–H groups in total. The number of carbonyl (C=O) groups excluding carboxylic acids is 1. The number of alkyl carbamates (subject to hydrolysis) is 1. The Labute approximate surface area is 181 Å². The quantitative estimate of drug-likeness (QED) is 0.526. The fourth-order valence-electron chi connectivity index (χ4n) is 3.52. The Bertz CT molecular complexity index is 1030. The number of benzene rings is 2. The van der Waals surface area contributed by atoms with Gasteiger partial charge in [0.25, 0.3) is 0 Å². The van der Waals surface area contributed by atoms with Crippen molar-refractivity contribution in [1.29, 1.82) is 0 Å². The Morgan fingerprint density at radius 2 is 2.06 bits per heavy atom. The van der Waals surface area contributed by atoms with Crippen LogP contribution in [0.2, 0.25) is 0 Å². The summed E-state index contributed by atoms with van der Waals surface area (Å²) in [6.07, 6.45) is 5.44. The van der Waals surface area contributed by atoms with Crippen molar-refractivity contribution in [2.45, 2.75) is 32.4 Å². The number of amides is 1. The highest BCUT2D eigenvalue weighted by molar-refractivity contribution is 5.87. The summed E-state index contributed by atoms with van der Waals surface area (Å²) in [6, 6.07) is 15.8. The molecular formula is C24H26N4O3. The maximum atomic E-state index is 11.8. The predicted molar refractivity (Wildman–Crippen MR) is 119 cm³/mol. The van der Waals surface area contributed by atoms with Crippen molar-refractivity contribution >= 4 is 17.6 Å².